The molecule has 0 rings (SSSR count). The molecule has 0 radical (unpaired) electrons. The fourth-order valence-corrected chi connectivity index (χ4v) is 7.63. The number of carbonyl (C=O) groups excluding carboxylic acids is 2. The van der Waals surface area contributed by atoms with Crippen LogP contribution in [0.3, 0.4) is 0 Å². The lowest BCUT2D eigenvalue weighted by Gasteiger charge is -2.24. The van der Waals surface area contributed by atoms with Crippen molar-refractivity contribution in [1.29, 1.82) is 0 Å². The molecule has 0 aromatic carbocycles. The lowest BCUT2D eigenvalue weighted by atomic mass is 10.0. The van der Waals surface area contributed by atoms with Crippen LogP contribution >= 0.6 is 0 Å². The number of allylic oxidation sites excluding steroid dienone is 10. The lowest BCUT2D eigenvalue weighted by Crippen LogP contribution is -2.46. The average molecular weight is 840 g/mol. The summed E-state index contributed by atoms with van der Waals surface area (Å²) < 4.78 is 5.89. The molecule has 1 amide bonds. The molecule has 0 saturated heterocycles. The number of ether oxygens (including phenoxy) is 1. The van der Waals surface area contributed by atoms with E-state index in [1.54, 1.807) is 0 Å². The first-order valence-electron chi connectivity index (χ1n) is 25.6. The van der Waals surface area contributed by atoms with Gasteiger partial charge in [-0.1, -0.05) is 255 Å². The maximum Gasteiger partial charge on any atom is 0.306 e. The van der Waals surface area contributed by atoms with Crippen molar-refractivity contribution < 1.29 is 24.5 Å². The Labute approximate surface area is 371 Å². The van der Waals surface area contributed by atoms with Crippen LogP contribution in [0.2, 0.25) is 0 Å². The highest BCUT2D eigenvalue weighted by molar-refractivity contribution is 5.77. The third-order valence-corrected chi connectivity index (χ3v) is 11.5. The van der Waals surface area contributed by atoms with Crippen LogP contribution in [-0.2, 0) is 14.3 Å². The number of nitrogens with one attached hydrogen (secondary N) is 1. The third kappa shape index (κ3) is 42.3. The first-order chi connectivity index (χ1) is 29.5. The van der Waals surface area contributed by atoms with E-state index in [1.165, 1.54) is 141 Å². The van der Waals surface area contributed by atoms with Crippen LogP contribution in [0, 0.1) is 0 Å². The summed E-state index contributed by atoms with van der Waals surface area (Å²) >= 11 is 0. The maximum atomic E-state index is 13.2. The number of esters is 1. The second-order valence-corrected chi connectivity index (χ2v) is 17.3. The Hall–Kier alpha value is -2.44. The molecule has 0 aliphatic rings. The number of hydrogen-bond acceptors (Lipinski definition) is 5. The van der Waals surface area contributed by atoms with Gasteiger partial charge in [0, 0.05) is 6.42 Å². The highest BCUT2D eigenvalue weighted by Crippen LogP contribution is 2.17. The zero-order valence-electron chi connectivity index (χ0n) is 39.6. The predicted molar refractivity (Wildman–Crippen MR) is 259 cm³/mol. The van der Waals surface area contributed by atoms with Crippen molar-refractivity contribution in [2.45, 2.75) is 264 Å². The van der Waals surface area contributed by atoms with E-state index in [9.17, 15) is 19.8 Å². The summed E-state index contributed by atoms with van der Waals surface area (Å²) in [4.78, 5) is 26.1. The molecule has 0 aromatic rings. The van der Waals surface area contributed by atoms with Crippen LogP contribution < -0.4 is 5.32 Å². The van der Waals surface area contributed by atoms with E-state index < -0.39 is 18.2 Å². The van der Waals surface area contributed by atoms with Gasteiger partial charge < -0.3 is 20.3 Å². The molecule has 3 atom stereocenters. The number of amides is 1. The number of carbonyl (C=O) groups is 2. The van der Waals surface area contributed by atoms with Gasteiger partial charge in [0.1, 0.15) is 6.10 Å². The van der Waals surface area contributed by atoms with Crippen molar-refractivity contribution in [3.63, 3.8) is 0 Å². The number of unbranched alkanes of at least 4 members (excludes halogenated alkanes) is 27. The minimum Gasteiger partial charge on any atom is -0.462 e. The van der Waals surface area contributed by atoms with Crippen molar-refractivity contribution in [1.82, 2.24) is 5.32 Å². The summed E-state index contributed by atoms with van der Waals surface area (Å²) in [6.45, 7) is 6.32. The van der Waals surface area contributed by atoms with Crippen LogP contribution in [0.15, 0.2) is 60.8 Å². The molecule has 0 bridgehead atoms. The Morgan fingerprint density at radius 3 is 1.33 bits per heavy atom. The first kappa shape index (κ1) is 57.6. The Morgan fingerprint density at radius 1 is 0.500 bits per heavy atom. The molecule has 0 spiro atoms. The van der Waals surface area contributed by atoms with Crippen LogP contribution in [0.4, 0.5) is 0 Å². The van der Waals surface area contributed by atoms with E-state index in [2.05, 4.69) is 38.2 Å². The van der Waals surface area contributed by atoms with Crippen molar-refractivity contribution in [2.24, 2.45) is 0 Å². The van der Waals surface area contributed by atoms with Gasteiger partial charge in [-0.05, 0) is 38.5 Å². The van der Waals surface area contributed by atoms with E-state index in [0.717, 1.165) is 57.8 Å². The molecule has 0 aliphatic carbocycles. The van der Waals surface area contributed by atoms with Gasteiger partial charge in [-0.15, -0.1) is 0 Å². The molecular weight excluding hydrogens is 743 g/mol. The zero-order valence-corrected chi connectivity index (χ0v) is 39.6. The van der Waals surface area contributed by atoms with Crippen molar-refractivity contribution in [2.75, 3.05) is 6.61 Å². The Kier molecular flexibility index (Phi) is 45.7. The van der Waals surface area contributed by atoms with Crippen LogP contribution in [-0.4, -0.2) is 46.9 Å². The standard InChI is InChI=1S/C54H97NO5/c1-4-7-10-13-16-19-22-24-25-26-27-29-32-35-38-41-44-47-54(59)60-50(45-42-39-36-33-31-28-23-20-17-14-11-8-5-2)48-53(58)55-51(49-56)52(57)46-43-40-37-34-30-21-18-15-12-9-6-3/h8,11,14,17,20,23,28,31,33,36,50-52,56-57H,4-7,9-10,12-13,15-16,18-19,21-22,24-27,29-30,32,34-35,37-49H2,1-3H3,(H,55,58)/b11-8+,17-14+,23-20-,31-28-,36-33+. The fourth-order valence-electron chi connectivity index (χ4n) is 7.63. The highest BCUT2D eigenvalue weighted by atomic mass is 16.5. The van der Waals surface area contributed by atoms with Gasteiger partial charge >= 0.3 is 5.97 Å². The molecule has 60 heavy (non-hydrogen) atoms. The molecule has 0 fully saturated rings. The van der Waals surface area contributed by atoms with Crippen LogP contribution in [0.1, 0.15) is 245 Å². The fraction of sp³-hybridized carbons (Fsp3) is 0.778. The largest absolute Gasteiger partial charge is 0.462 e. The third-order valence-electron chi connectivity index (χ3n) is 11.5. The molecule has 0 saturated carbocycles. The Bertz CT molecular complexity index is 1080. The summed E-state index contributed by atoms with van der Waals surface area (Å²) in [5.41, 5.74) is 0. The number of hydrogen-bond donors (Lipinski definition) is 3. The number of aliphatic hydroxyl groups excluding tert-OH is 2. The van der Waals surface area contributed by atoms with Gasteiger partial charge in [0.2, 0.25) is 5.91 Å². The summed E-state index contributed by atoms with van der Waals surface area (Å²) in [6, 6.07) is -0.723. The minimum atomic E-state index is -0.805. The average Bonchev–Trinajstić information content (AvgIpc) is 3.24. The van der Waals surface area contributed by atoms with Crippen LogP contribution in [0.5, 0.6) is 0 Å². The molecule has 0 aliphatic heterocycles. The smallest absolute Gasteiger partial charge is 0.306 e. The monoisotopic (exact) mass is 840 g/mol. The predicted octanol–water partition coefficient (Wildman–Crippen LogP) is 15.2. The van der Waals surface area contributed by atoms with E-state index in [1.807, 2.05) is 48.6 Å². The summed E-state index contributed by atoms with van der Waals surface area (Å²) in [6.07, 6.45) is 58.6. The molecular formula is C54H97NO5. The normalized spacial score (nSPS) is 13.8. The SMILES string of the molecule is CC/C=C/C=C/C=C\C=C/C=C/CCCC(CC(=O)NC(CO)C(O)CCCCCCCCCCCCC)OC(=O)CCCCCCCCCCCCCCCCCCC. The molecule has 6 heteroatoms. The number of rotatable bonds is 45. The zero-order chi connectivity index (χ0) is 43.8. The van der Waals surface area contributed by atoms with Gasteiger partial charge in [-0.2, -0.15) is 0 Å². The second-order valence-electron chi connectivity index (χ2n) is 17.3. The first-order valence-corrected chi connectivity index (χ1v) is 25.6. The maximum absolute atomic E-state index is 13.2. The molecule has 0 aromatic heterocycles. The Morgan fingerprint density at radius 2 is 0.900 bits per heavy atom. The molecule has 3 unspecified atom stereocenters. The quantitative estimate of drug-likeness (QED) is 0.0322. The molecule has 3 N–H and O–H groups in total. The van der Waals surface area contributed by atoms with Gasteiger partial charge in [0.15, 0.2) is 0 Å². The summed E-state index contributed by atoms with van der Waals surface area (Å²) in [5, 5.41) is 23.7. The van der Waals surface area contributed by atoms with E-state index in [4.69, 9.17) is 4.74 Å². The molecule has 0 heterocycles. The van der Waals surface area contributed by atoms with Gasteiger partial charge in [0.25, 0.3) is 0 Å². The summed E-state index contributed by atoms with van der Waals surface area (Å²) in [5.74, 6) is -0.541. The topological polar surface area (TPSA) is 95.9 Å². The Balaban J connectivity index is 4.63. The van der Waals surface area contributed by atoms with Gasteiger partial charge in [-0.3, -0.25) is 9.59 Å². The van der Waals surface area contributed by atoms with Gasteiger partial charge in [-0.25, -0.2) is 0 Å². The lowest BCUT2D eigenvalue weighted by molar-refractivity contribution is -0.151. The van der Waals surface area contributed by atoms with Crippen LogP contribution in [0.25, 0.3) is 0 Å². The van der Waals surface area contributed by atoms with E-state index >= 15 is 0 Å². The molecule has 348 valence electrons. The highest BCUT2D eigenvalue weighted by Gasteiger charge is 2.24. The van der Waals surface area contributed by atoms with Crippen molar-refractivity contribution in [3.8, 4) is 0 Å². The van der Waals surface area contributed by atoms with Crippen molar-refractivity contribution >= 4 is 11.9 Å². The molecule has 6 nitrogen and oxygen atoms in total. The second kappa shape index (κ2) is 47.6. The van der Waals surface area contributed by atoms with E-state index in [0.29, 0.717) is 19.3 Å². The number of aliphatic hydroxyl groups is 2. The van der Waals surface area contributed by atoms with Crippen molar-refractivity contribution in [3.05, 3.63) is 60.8 Å². The van der Waals surface area contributed by atoms with Gasteiger partial charge in [0.05, 0.1) is 25.2 Å². The minimum absolute atomic E-state index is 0.0296. The summed E-state index contributed by atoms with van der Waals surface area (Å²) in [7, 11) is 0. The van der Waals surface area contributed by atoms with E-state index in [-0.39, 0.29) is 24.9 Å².